The average Bonchev–Trinajstić information content (AvgIpc) is 3.22. The fourth-order valence-electron chi connectivity index (χ4n) is 4.30. The van der Waals surface area contributed by atoms with Gasteiger partial charge in [0.2, 0.25) is 5.78 Å². The van der Waals surface area contributed by atoms with E-state index < -0.39 is 34.6 Å². The topological polar surface area (TPSA) is 124 Å². The van der Waals surface area contributed by atoms with E-state index in [1.807, 2.05) is 0 Å². The number of imide groups is 1. The number of ketones is 1. The number of anilines is 1. The first-order valence-electron chi connectivity index (χ1n) is 12.0. The number of nitro groups is 1. The fraction of sp³-hybridized carbons (Fsp3) is 0.0667. The molecule has 0 N–H and O–H groups in total. The number of halogens is 1. The Kier molecular flexibility index (Phi) is 6.98. The lowest BCUT2D eigenvalue weighted by molar-refractivity contribution is -0.384. The van der Waals surface area contributed by atoms with Crippen LogP contribution in [0.5, 0.6) is 0 Å². The Morgan fingerprint density at radius 1 is 0.850 bits per heavy atom. The van der Waals surface area contributed by atoms with Crippen LogP contribution in [0.15, 0.2) is 91.0 Å². The summed E-state index contributed by atoms with van der Waals surface area (Å²) in [5.74, 6) is -2.67. The standard InChI is InChI=1S/C30H19ClN2O7/c1-17-7-11-22(16-25(17)31)32-28(35)23-14-10-20(15-24(23)29(32)36)30(37)40-27(26(34)18-5-3-2-4-6-18)19-8-12-21(13-9-19)33(38)39/h2-16,27H,1H3/t27-/m0/s1. The average molecular weight is 555 g/mol. The Balaban J connectivity index is 1.46. The van der Waals surface area contributed by atoms with Crippen molar-refractivity contribution in [2.45, 2.75) is 13.0 Å². The molecule has 0 aromatic heterocycles. The highest BCUT2D eigenvalue weighted by atomic mass is 35.5. The largest absolute Gasteiger partial charge is 0.445 e. The van der Waals surface area contributed by atoms with Crippen LogP contribution in [-0.4, -0.2) is 28.5 Å². The third-order valence-electron chi connectivity index (χ3n) is 6.46. The van der Waals surface area contributed by atoms with E-state index in [1.54, 1.807) is 49.4 Å². The van der Waals surface area contributed by atoms with Crippen molar-refractivity contribution in [3.63, 3.8) is 0 Å². The summed E-state index contributed by atoms with van der Waals surface area (Å²) in [6.07, 6.45) is -1.42. The van der Waals surface area contributed by atoms with Crippen LogP contribution in [0.25, 0.3) is 0 Å². The monoisotopic (exact) mass is 554 g/mol. The number of Topliss-reactive ketones (excluding diaryl/α,β-unsaturated/α-hetero) is 1. The van der Waals surface area contributed by atoms with Crippen molar-refractivity contribution >= 4 is 46.5 Å². The number of hydrogen-bond acceptors (Lipinski definition) is 7. The Morgan fingerprint density at radius 3 is 2.17 bits per heavy atom. The van der Waals surface area contributed by atoms with Gasteiger partial charge in [0.25, 0.3) is 17.5 Å². The third kappa shape index (κ3) is 4.85. The number of carbonyl (C=O) groups excluding carboxylic acids is 4. The zero-order chi connectivity index (χ0) is 28.6. The second-order valence-corrected chi connectivity index (χ2v) is 9.41. The number of benzene rings is 4. The minimum absolute atomic E-state index is 0.00239. The fourth-order valence-corrected chi connectivity index (χ4v) is 4.47. The molecule has 0 spiro atoms. The molecule has 0 saturated carbocycles. The highest BCUT2D eigenvalue weighted by Gasteiger charge is 2.38. The number of fused-ring (bicyclic) bond motifs is 1. The molecule has 5 rings (SSSR count). The number of nitrogens with zero attached hydrogens (tertiary/aromatic N) is 2. The van der Waals surface area contributed by atoms with Gasteiger partial charge in [0.05, 0.1) is 27.3 Å². The van der Waals surface area contributed by atoms with Crippen LogP contribution in [0, 0.1) is 17.0 Å². The molecule has 0 fully saturated rings. The van der Waals surface area contributed by atoms with Crippen LogP contribution < -0.4 is 4.90 Å². The number of esters is 1. The van der Waals surface area contributed by atoms with E-state index >= 15 is 0 Å². The number of rotatable bonds is 7. The molecule has 198 valence electrons. The molecule has 2 amide bonds. The first kappa shape index (κ1) is 26.5. The summed E-state index contributed by atoms with van der Waals surface area (Å²) in [5.41, 5.74) is 1.40. The molecular weight excluding hydrogens is 536 g/mol. The van der Waals surface area contributed by atoms with Crippen LogP contribution in [0.1, 0.15) is 58.7 Å². The van der Waals surface area contributed by atoms with E-state index in [0.717, 1.165) is 10.5 Å². The maximum Gasteiger partial charge on any atom is 0.339 e. The minimum atomic E-state index is -1.42. The lowest BCUT2D eigenvalue weighted by Gasteiger charge is -2.18. The summed E-state index contributed by atoms with van der Waals surface area (Å²) < 4.78 is 5.62. The van der Waals surface area contributed by atoms with Crippen LogP contribution in [0.4, 0.5) is 11.4 Å². The summed E-state index contributed by atoms with van der Waals surface area (Å²) in [7, 11) is 0. The molecule has 40 heavy (non-hydrogen) atoms. The number of hydrogen-bond donors (Lipinski definition) is 0. The summed E-state index contributed by atoms with van der Waals surface area (Å²) in [6.45, 7) is 1.79. The zero-order valence-corrected chi connectivity index (χ0v) is 21.6. The number of carbonyl (C=O) groups is 4. The molecule has 1 aliphatic rings. The van der Waals surface area contributed by atoms with Gasteiger partial charge in [-0.25, -0.2) is 9.69 Å². The van der Waals surface area contributed by atoms with Gasteiger partial charge in [0, 0.05) is 28.3 Å². The maximum atomic E-state index is 13.3. The minimum Gasteiger partial charge on any atom is -0.445 e. The van der Waals surface area contributed by atoms with Gasteiger partial charge in [-0.15, -0.1) is 0 Å². The molecular formula is C30H19ClN2O7. The van der Waals surface area contributed by atoms with E-state index in [1.165, 1.54) is 48.5 Å². The molecule has 4 aromatic rings. The van der Waals surface area contributed by atoms with Crippen molar-refractivity contribution < 1.29 is 28.8 Å². The molecule has 0 radical (unpaired) electrons. The quantitative estimate of drug-likeness (QED) is 0.0883. The van der Waals surface area contributed by atoms with Crippen molar-refractivity contribution in [1.82, 2.24) is 0 Å². The van der Waals surface area contributed by atoms with Gasteiger partial charge in [-0.05, 0) is 55.0 Å². The van der Waals surface area contributed by atoms with Gasteiger partial charge < -0.3 is 4.74 Å². The van der Waals surface area contributed by atoms with Crippen LogP contribution in [-0.2, 0) is 4.74 Å². The molecule has 0 saturated heterocycles. The van der Waals surface area contributed by atoms with Crippen molar-refractivity contribution in [2.75, 3.05) is 4.90 Å². The smallest absolute Gasteiger partial charge is 0.339 e. The van der Waals surface area contributed by atoms with Gasteiger partial charge in [-0.2, -0.15) is 0 Å². The van der Waals surface area contributed by atoms with E-state index in [0.29, 0.717) is 5.02 Å². The number of nitro benzene ring substituents is 1. The van der Waals surface area contributed by atoms with E-state index in [9.17, 15) is 29.3 Å². The van der Waals surface area contributed by atoms with Crippen LogP contribution >= 0.6 is 11.6 Å². The summed E-state index contributed by atoms with van der Waals surface area (Å²) in [5, 5.41) is 11.5. The number of non-ortho nitro benzene ring substituents is 1. The highest BCUT2D eigenvalue weighted by molar-refractivity contribution is 6.36. The molecule has 9 nitrogen and oxygen atoms in total. The Hall–Kier alpha value is -5.15. The predicted octanol–water partition coefficient (Wildman–Crippen LogP) is 6.14. The molecule has 4 aromatic carbocycles. The molecule has 0 bridgehead atoms. The molecule has 1 aliphatic heterocycles. The first-order valence-corrected chi connectivity index (χ1v) is 12.4. The summed E-state index contributed by atoms with van der Waals surface area (Å²) >= 11 is 6.19. The molecule has 1 atom stereocenters. The third-order valence-corrected chi connectivity index (χ3v) is 6.87. The van der Waals surface area contributed by atoms with Crippen molar-refractivity contribution in [3.05, 3.63) is 140 Å². The molecule has 0 aliphatic carbocycles. The van der Waals surface area contributed by atoms with Gasteiger partial charge in [-0.3, -0.25) is 24.5 Å². The lowest BCUT2D eigenvalue weighted by Crippen LogP contribution is -2.29. The predicted molar refractivity (Wildman–Crippen MR) is 146 cm³/mol. The maximum absolute atomic E-state index is 13.3. The lowest BCUT2D eigenvalue weighted by atomic mass is 9.99. The second-order valence-electron chi connectivity index (χ2n) is 9.00. The van der Waals surface area contributed by atoms with Crippen LogP contribution in [0.3, 0.4) is 0 Å². The number of amides is 2. The second kappa shape index (κ2) is 10.5. The summed E-state index contributed by atoms with van der Waals surface area (Å²) in [6, 6.07) is 22.0. The first-order chi connectivity index (χ1) is 19.2. The molecule has 10 heteroatoms. The van der Waals surface area contributed by atoms with Crippen molar-refractivity contribution in [3.8, 4) is 0 Å². The molecule has 0 unspecified atom stereocenters. The highest BCUT2D eigenvalue weighted by Crippen LogP contribution is 2.32. The van der Waals surface area contributed by atoms with E-state index in [4.69, 9.17) is 16.3 Å². The zero-order valence-electron chi connectivity index (χ0n) is 20.9. The number of aryl methyl sites for hydroxylation is 1. The van der Waals surface area contributed by atoms with Gasteiger partial charge >= 0.3 is 5.97 Å². The normalized spacial score (nSPS) is 13.1. The number of ether oxygens (including phenoxy) is 1. The van der Waals surface area contributed by atoms with Crippen LogP contribution in [0.2, 0.25) is 5.02 Å². The van der Waals surface area contributed by atoms with Crippen molar-refractivity contribution in [2.24, 2.45) is 0 Å². The van der Waals surface area contributed by atoms with Gasteiger partial charge in [-0.1, -0.05) is 48.0 Å². The molecule has 1 heterocycles. The van der Waals surface area contributed by atoms with E-state index in [2.05, 4.69) is 0 Å². The summed E-state index contributed by atoms with van der Waals surface area (Å²) in [4.78, 5) is 64.3. The van der Waals surface area contributed by atoms with Gasteiger partial charge in [0.1, 0.15) is 0 Å². The van der Waals surface area contributed by atoms with E-state index in [-0.39, 0.29) is 39.2 Å². The Morgan fingerprint density at radius 2 is 1.52 bits per heavy atom. The Bertz CT molecular complexity index is 1700. The SMILES string of the molecule is Cc1ccc(N2C(=O)c3ccc(C(=O)O[C@H](C(=O)c4ccccc4)c4ccc([N+](=O)[O-])cc4)cc3C2=O)cc1Cl. The van der Waals surface area contributed by atoms with Gasteiger partial charge in [0.15, 0.2) is 6.10 Å². The van der Waals surface area contributed by atoms with Crippen molar-refractivity contribution in [1.29, 1.82) is 0 Å². The Labute approximate surface area is 232 Å².